The normalized spacial score (nSPS) is 15.7. The Hall–Kier alpha value is -1.66. The fraction of sp³-hybridized carbons (Fsp3) is 0.385. The smallest absolute Gasteiger partial charge is 0.228 e. The molecule has 100 valence electrons. The molecule has 1 aliphatic rings. The Morgan fingerprint density at radius 1 is 1.42 bits per heavy atom. The van der Waals surface area contributed by atoms with E-state index in [1.54, 1.807) is 6.26 Å². The number of carbonyl (C=O) groups excluding carboxylic acids is 1. The maximum atomic E-state index is 12.1. The molecule has 0 aromatic carbocycles. The van der Waals surface area contributed by atoms with E-state index in [9.17, 15) is 4.79 Å². The fourth-order valence-corrected chi connectivity index (χ4v) is 2.77. The monoisotopic (exact) mass is 278 g/mol. The van der Waals surface area contributed by atoms with E-state index in [4.69, 9.17) is 9.15 Å². The van der Waals surface area contributed by atoms with Crippen molar-refractivity contribution in [3.8, 4) is 10.8 Å². The van der Waals surface area contributed by atoms with Gasteiger partial charge in [-0.2, -0.15) is 0 Å². The SMILES string of the molecule is O=C(Cc1csc(-c2ccco2)n1)N1CCOCC1. The van der Waals surface area contributed by atoms with Crippen LogP contribution in [0, 0.1) is 0 Å². The maximum Gasteiger partial charge on any atom is 0.228 e. The molecular formula is C13H14N2O3S. The van der Waals surface area contributed by atoms with E-state index < -0.39 is 0 Å². The predicted molar refractivity (Wildman–Crippen MR) is 70.9 cm³/mol. The number of carbonyl (C=O) groups is 1. The lowest BCUT2D eigenvalue weighted by molar-refractivity contribution is -0.134. The van der Waals surface area contributed by atoms with Crippen molar-refractivity contribution in [1.29, 1.82) is 0 Å². The standard InChI is InChI=1S/C13H14N2O3S/c16-12(15-3-6-17-7-4-15)8-10-9-19-13(14-10)11-2-1-5-18-11/h1-2,5,9H,3-4,6-8H2. The van der Waals surface area contributed by atoms with Gasteiger partial charge in [0.25, 0.3) is 0 Å². The number of nitrogens with zero attached hydrogens (tertiary/aromatic N) is 2. The first-order chi connectivity index (χ1) is 9.33. The minimum Gasteiger partial charge on any atom is -0.462 e. The van der Waals surface area contributed by atoms with Crippen molar-refractivity contribution in [3.63, 3.8) is 0 Å². The Labute approximate surface area is 114 Å². The van der Waals surface area contributed by atoms with Gasteiger partial charge in [0.05, 0.1) is 31.6 Å². The second kappa shape index (κ2) is 5.54. The van der Waals surface area contributed by atoms with Gasteiger partial charge in [-0.05, 0) is 12.1 Å². The second-order valence-electron chi connectivity index (χ2n) is 4.29. The van der Waals surface area contributed by atoms with Crippen molar-refractivity contribution in [2.24, 2.45) is 0 Å². The Bertz CT molecular complexity index is 544. The van der Waals surface area contributed by atoms with E-state index in [-0.39, 0.29) is 5.91 Å². The molecule has 1 saturated heterocycles. The van der Waals surface area contributed by atoms with Gasteiger partial charge in [0, 0.05) is 18.5 Å². The largest absolute Gasteiger partial charge is 0.462 e. The lowest BCUT2D eigenvalue weighted by Gasteiger charge is -2.26. The van der Waals surface area contributed by atoms with Crippen LogP contribution in [0.4, 0.5) is 0 Å². The molecule has 6 heteroatoms. The van der Waals surface area contributed by atoms with Crippen LogP contribution < -0.4 is 0 Å². The van der Waals surface area contributed by atoms with Crippen LogP contribution >= 0.6 is 11.3 Å². The van der Waals surface area contributed by atoms with E-state index in [1.165, 1.54) is 11.3 Å². The molecule has 0 atom stereocenters. The highest BCUT2D eigenvalue weighted by Gasteiger charge is 2.18. The summed E-state index contributed by atoms with van der Waals surface area (Å²) in [5, 5.41) is 2.73. The molecule has 0 N–H and O–H groups in total. The molecule has 0 spiro atoms. The second-order valence-corrected chi connectivity index (χ2v) is 5.15. The first-order valence-electron chi connectivity index (χ1n) is 6.17. The van der Waals surface area contributed by atoms with E-state index >= 15 is 0 Å². The summed E-state index contributed by atoms with van der Waals surface area (Å²) >= 11 is 1.50. The van der Waals surface area contributed by atoms with Crippen LogP contribution in [-0.4, -0.2) is 42.1 Å². The number of hydrogen-bond donors (Lipinski definition) is 0. The molecule has 1 fully saturated rings. The molecule has 0 unspecified atom stereocenters. The summed E-state index contributed by atoms with van der Waals surface area (Å²) in [6.07, 6.45) is 1.96. The van der Waals surface area contributed by atoms with Crippen molar-refractivity contribution in [2.75, 3.05) is 26.3 Å². The van der Waals surface area contributed by atoms with Gasteiger partial charge in [-0.1, -0.05) is 0 Å². The zero-order chi connectivity index (χ0) is 13.1. The minimum absolute atomic E-state index is 0.111. The van der Waals surface area contributed by atoms with Crippen molar-refractivity contribution >= 4 is 17.2 Å². The zero-order valence-electron chi connectivity index (χ0n) is 10.4. The van der Waals surface area contributed by atoms with Gasteiger partial charge in [-0.3, -0.25) is 4.79 Å². The van der Waals surface area contributed by atoms with Gasteiger partial charge in [0.1, 0.15) is 0 Å². The average molecular weight is 278 g/mol. The summed E-state index contributed by atoms with van der Waals surface area (Å²) in [6, 6.07) is 3.70. The fourth-order valence-electron chi connectivity index (χ4n) is 1.98. The summed E-state index contributed by atoms with van der Waals surface area (Å²) in [6.45, 7) is 2.60. The lowest BCUT2D eigenvalue weighted by Crippen LogP contribution is -2.41. The number of rotatable bonds is 3. The summed E-state index contributed by atoms with van der Waals surface area (Å²) in [5.74, 6) is 0.856. The maximum absolute atomic E-state index is 12.1. The molecule has 0 saturated carbocycles. The molecule has 2 aromatic rings. The zero-order valence-corrected chi connectivity index (χ0v) is 11.2. The van der Waals surface area contributed by atoms with Gasteiger partial charge in [-0.15, -0.1) is 11.3 Å². The molecule has 0 bridgehead atoms. The van der Waals surface area contributed by atoms with Crippen LogP contribution in [0.5, 0.6) is 0 Å². The molecule has 1 amide bonds. The highest BCUT2D eigenvalue weighted by atomic mass is 32.1. The minimum atomic E-state index is 0.111. The van der Waals surface area contributed by atoms with Gasteiger partial charge >= 0.3 is 0 Å². The summed E-state index contributed by atoms with van der Waals surface area (Å²) in [7, 11) is 0. The highest BCUT2D eigenvalue weighted by molar-refractivity contribution is 7.13. The van der Waals surface area contributed by atoms with Crippen molar-refractivity contribution in [2.45, 2.75) is 6.42 Å². The van der Waals surface area contributed by atoms with Crippen LogP contribution in [0.3, 0.4) is 0 Å². The van der Waals surface area contributed by atoms with Gasteiger partial charge in [0.15, 0.2) is 10.8 Å². The predicted octanol–water partition coefficient (Wildman–Crippen LogP) is 1.80. The quantitative estimate of drug-likeness (QED) is 0.859. The Morgan fingerprint density at radius 2 is 2.26 bits per heavy atom. The molecule has 19 heavy (non-hydrogen) atoms. The number of furan rings is 1. The number of amides is 1. The summed E-state index contributed by atoms with van der Waals surface area (Å²) in [5.41, 5.74) is 0.799. The van der Waals surface area contributed by atoms with Crippen LogP contribution in [0.25, 0.3) is 10.8 Å². The van der Waals surface area contributed by atoms with Crippen LogP contribution in [0.15, 0.2) is 28.2 Å². The third-order valence-corrected chi connectivity index (χ3v) is 3.89. The average Bonchev–Trinajstić information content (AvgIpc) is 3.10. The van der Waals surface area contributed by atoms with Crippen molar-refractivity contribution < 1.29 is 13.9 Å². The van der Waals surface area contributed by atoms with Crippen LogP contribution in [0.1, 0.15) is 5.69 Å². The third-order valence-electron chi connectivity index (χ3n) is 2.98. The Kier molecular flexibility index (Phi) is 3.61. The molecule has 2 aromatic heterocycles. The van der Waals surface area contributed by atoms with Gasteiger partial charge in [-0.25, -0.2) is 4.98 Å². The van der Waals surface area contributed by atoms with E-state index in [1.807, 2.05) is 22.4 Å². The van der Waals surface area contributed by atoms with Crippen LogP contribution in [0.2, 0.25) is 0 Å². The molecule has 0 aliphatic carbocycles. The summed E-state index contributed by atoms with van der Waals surface area (Å²) in [4.78, 5) is 18.3. The third kappa shape index (κ3) is 2.85. The molecule has 5 nitrogen and oxygen atoms in total. The van der Waals surface area contributed by atoms with E-state index in [0.717, 1.165) is 16.5 Å². The van der Waals surface area contributed by atoms with E-state index in [0.29, 0.717) is 32.7 Å². The number of aromatic nitrogens is 1. The number of ether oxygens (including phenoxy) is 1. The van der Waals surface area contributed by atoms with Crippen LogP contribution in [-0.2, 0) is 16.0 Å². The number of morpholine rings is 1. The Morgan fingerprint density at radius 3 is 3.00 bits per heavy atom. The van der Waals surface area contributed by atoms with Gasteiger partial charge < -0.3 is 14.1 Å². The van der Waals surface area contributed by atoms with E-state index in [2.05, 4.69) is 4.98 Å². The molecule has 3 heterocycles. The van der Waals surface area contributed by atoms with Crippen molar-refractivity contribution in [3.05, 3.63) is 29.5 Å². The summed E-state index contributed by atoms with van der Waals surface area (Å²) < 4.78 is 10.5. The molecular weight excluding hydrogens is 264 g/mol. The first kappa shape index (κ1) is 12.4. The highest BCUT2D eigenvalue weighted by Crippen LogP contribution is 2.24. The molecule has 3 rings (SSSR count). The first-order valence-corrected chi connectivity index (χ1v) is 7.05. The lowest BCUT2D eigenvalue weighted by atomic mass is 10.3. The van der Waals surface area contributed by atoms with Gasteiger partial charge in [0.2, 0.25) is 5.91 Å². The van der Waals surface area contributed by atoms with Crippen molar-refractivity contribution in [1.82, 2.24) is 9.88 Å². The molecule has 0 radical (unpaired) electrons. The number of hydrogen-bond acceptors (Lipinski definition) is 5. The topological polar surface area (TPSA) is 55.6 Å². The molecule has 1 aliphatic heterocycles. The number of thiazole rings is 1. The Balaban J connectivity index is 1.65.